The van der Waals surface area contributed by atoms with Gasteiger partial charge >= 0.3 is 5.97 Å². The summed E-state index contributed by atoms with van der Waals surface area (Å²) in [6, 6.07) is 0.784. The molecule has 8 heteroatoms. The Kier molecular flexibility index (Phi) is 8.40. The van der Waals surface area contributed by atoms with Crippen LogP contribution in [0.1, 0.15) is 19.3 Å². The summed E-state index contributed by atoms with van der Waals surface area (Å²) in [4.78, 5) is 23.0. The Labute approximate surface area is 134 Å². The van der Waals surface area contributed by atoms with Gasteiger partial charge in [0.2, 0.25) is 0 Å². The average Bonchev–Trinajstić information content (AvgIpc) is 3.00. The van der Waals surface area contributed by atoms with Crippen molar-refractivity contribution in [2.24, 2.45) is 0 Å². The van der Waals surface area contributed by atoms with Crippen LogP contribution in [0.4, 0.5) is 0 Å². The standard InChI is InChI=1S/C14H21N3O4S/c1-22-6-4-12(14(19)20)17-13(18)10(7-15)8-16-9-11-3-2-5-21-11/h8,11-12,16H,2-6,9H2,1H3,(H,17,18)(H,19,20)/b10-8-. The van der Waals surface area contributed by atoms with E-state index in [4.69, 9.17) is 15.1 Å². The van der Waals surface area contributed by atoms with Crippen molar-refractivity contribution in [1.29, 1.82) is 5.26 Å². The summed E-state index contributed by atoms with van der Waals surface area (Å²) in [7, 11) is 0. The zero-order valence-electron chi connectivity index (χ0n) is 12.5. The average molecular weight is 327 g/mol. The maximum Gasteiger partial charge on any atom is 0.326 e. The molecule has 1 rings (SSSR count). The number of hydrogen-bond acceptors (Lipinski definition) is 6. The van der Waals surface area contributed by atoms with E-state index in [1.165, 1.54) is 18.0 Å². The summed E-state index contributed by atoms with van der Waals surface area (Å²) in [6.07, 6.45) is 5.53. The minimum Gasteiger partial charge on any atom is -0.480 e. The van der Waals surface area contributed by atoms with E-state index < -0.39 is 17.9 Å². The van der Waals surface area contributed by atoms with Crippen molar-refractivity contribution in [2.45, 2.75) is 31.4 Å². The van der Waals surface area contributed by atoms with E-state index in [1.807, 2.05) is 6.26 Å². The Morgan fingerprint density at radius 3 is 2.91 bits per heavy atom. The minimum absolute atomic E-state index is 0.0904. The molecule has 122 valence electrons. The minimum atomic E-state index is -1.10. The summed E-state index contributed by atoms with van der Waals surface area (Å²) >= 11 is 1.50. The second-order valence-electron chi connectivity index (χ2n) is 4.86. The quantitative estimate of drug-likeness (QED) is 0.417. The van der Waals surface area contributed by atoms with Gasteiger partial charge < -0.3 is 20.5 Å². The van der Waals surface area contributed by atoms with Crippen molar-refractivity contribution in [1.82, 2.24) is 10.6 Å². The fourth-order valence-corrected chi connectivity index (χ4v) is 2.45. The third-order valence-electron chi connectivity index (χ3n) is 3.20. The molecular weight excluding hydrogens is 306 g/mol. The number of amides is 1. The lowest BCUT2D eigenvalue weighted by atomic mass is 10.2. The second-order valence-corrected chi connectivity index (χ2v) is 5.84. The van der Waals surface area contributed by atoms with Gasteiger partial charge in [0.05, 0.1) is 6.10 Å². The van der Waals surface area contributed by atoms with Crippen LogP contribution < -0.4 is 10.6 Å². The number of rotatable bonds is 9. The molecule has 1 aliphatic heterocycles. The number of nitrogens with one attached hydrogen (secondary N) is 2. The number of ether oxygens (including phenoxy) is 1. The Morgan fingerprint density at radius 2 is 2.36 bits per heavy atom. The molecule has 1 saturated heterocycles. The van der Waals surface area contributed by atoms with Crippen molar-refractivity contribution >= 4 is 23.6 Å². The Morgan fingerprint density at radius 1 is 1.59 bits per heavy atom. The highest BCUT2D eigenvalue weighted by molar-refractivity contribution is 7.98. The van der Waals surface area contributed by atoms with Crippen LogP contribution in [-0.2, 0) is 14.3 Å². The van der Waals surface area contributed by atoms with Crippen LogP contribution in [0.2, 0.25) is 0 Å². The first-order valence-corrected chi connectivity index (χ1v) is 8.45. The summed E-state index contributed by atoms with van der Waals surface area (Å²) < 4.78 is 5.41. The highest BCUT2D eigenvalue weighted by atomic mass is 32.2. The molecule has 2 atom stereocenters. The van der Waals surface area contributed by atoms with E-state index in [0.717, 1.165) is 19.4 Å². The molecule has 1 fully saturated rings. The second kappa shape index (κ2) is 10.1. The Hall–Kier alpha value is -1.72. The van der Waals surface area contributed by atoms with Crippen LogP contribution in [0, 0.1) is 11.3 Å². The predicted octanol–water partition coefficient (Wildman–Crippen LogP) is 0.485. The van der Waals surface area contributed by atoms with Gasteiger partial charge in [-0.05, 0) is 31.3 Å². The molecule has 0 aromatic rings. The van der Waals surface area contributed by atoms with Crippen LogP contribution in [0.25, 0.3) is 0 Å². The Balaban J connectivity index is 2.50. The number of thioether (sulfide) groups is 1. The van der Waals surface area contributed by atoms with Crippen molar-refractivity contribution in [3.8, 4) is 6.07 Å². The molecule has 0 bridgehead atoms. The van der Waals surface area contributed by atoms with Crippen molar-refractivity contribution < 1.29 is 19.4 Å². The number of nitrogens with zero attached hydrogens (tertiary/aromatic N) is 1. The van der Waals surface area contributed by atoms with Gasteiger partial charge in [-0.3, -0.25) is 4.79 Å². The number of carbonyl (C=O) groups is 2. The summed E-state index contributed by atoms with van der Waals surface area (Å²) in [5, 5.41) is 23.3. The Bertz CT molecular complexity index is 455. The molecule has 0 aliphatic carbocycles. The van der Waals surface area contributed by atoms with E-state index in [1.54, 1.807) is 6.07 Å². The molecule has 0 spiro atoms. The fraction of sp³-hybridized carbons (Fsp3) is 0.643. The molecule has 0 aromatic carbocycles. The van der Waals surface area contributed by atoms with Gasteiger partial charge in [-0.25, -0.2) is 4.79 Å². The lowest BCUT2D eigenvalue weighted by Gasteiger charge is -2.14. The van der Waals surface area contributed by atoms with Crippen LogP contribution in [0.3, 0.4) is 0 Å². The van der Waals surface area contributed by atoms with E-state index in [-0.39, 0.29) is 11.7 Å². The van der Waals surface area contributed by atoms with Gasteiger partial charge in [-0.15, -0.1) is 0 Å². The van der Waals surface area contributed by atoms with Crippen molar-refractivity contribution in [3.05, 3.63) is 11.8 Å². The molecule has 0 radical (unpaired) electrons. The molecule has 2 unspecified atom stereocenters. The smallest absolute Gasteiger partial charge is 0.326 e. The lowest BCUT2D eigenvalue weighted by Crippen LogP contribution is -2.42. The highest BCUT2D eigenvalue weighted by Gasteiger charge is 2.21. The number of aliphatic carboxylic acids is 1. The maximum absolute atomic E-state index is 11.9. The normalized spacial score (nSPS) is 19.3. The molecule has 0 aromatic heterocycles. The summed E-state index contributed by atoms with van der Waals surface area (Å²) in [5.41, 5.74) is -0.145. The molecule has 1 amide bonds. The number of hydrogen-bond donors (Lipinski definition) is 3. The molecule has 1 heterocycles. The number of carboxylic acids is 1. The number of carboxylic acid groups (broad SMARTS) is 1. The van der Waals surface area contributed by atoms with Gasteiger partial charge in [0.1, 0.15) is 17.7 Å². The molecule has 0 saturated carbocycles. The molecule has 3 N–H and O–H groups in total. The van der Waals surface area contributed by atoms with Gasteiger partial charge in [0, 0.05) is 19.4 Å². The molecular formula is C14H21N3O4S. The van der Waals surface area contributed by atoms with Gasteiger partial charge in [0.25, 0.3) is 5.91 Å². The number of nitriles is 1. The van der Waals surface area contributed by atoms with Crippen LogP contribution in [0.15, 0.2) is 11.8 Å². The first kappa shape index (κ1) is 18.3. The predicted molar refractivity (Wildman–Crippen MR) is 83.2 cm³/mol. The summed E-state index contributed by atoms with van der Waals surface area (Å²) in [5.74, 6) is -1.18. The van der Waals surface area contributed by atoms with Crippen LogP contribution in [-0.4, -0.2) is 54.3 Å². The van der Waals surface area contributed by atoms with Crippen LogP contribution >= 0.6 is 11.8 Å². The first-order valence-electron chi connectivity index (χ1n) is 7.06. The van der Waals surface area contributed by atoms with E-state index in [0.29, 0.717) is 18.7 Å². The number of carbonyl (C=O) groups excluding carboxylic acids is 1. The van der Waals surface area contributed by atoms with Crippen molar-refractivity contribution in [2.75, 3.05) is 25.2 Å². The SMILES string of the molecule is CSCCC(NC(=O)/C(C#N)=C\NCC1CCCO1)C(=O)O. The zero-order chi connectivity index (χ0) is 16.4. The molecule has 1 aliphatic rings. The van der Waals surface area contributed by atoms with Gasteiger partial charge in [-0.1, -0.05) is 0 Å². The fourth-order valence-electron chi connectivity index (χ4n) is 1.98. The summed E-state index contributed by atoms with van der Waals surface area (Å²) in [6.45, 7) is 1.25. The van der Waals surface area contributed by atoms with E-state index >= 15 is 0 Å². The maximum atomic E-state index is 11.9. The molecule has 7 nitrogen and oxygen atoms in total. The largest absolute Gasteiger partial charge is 0.480 e. The van der Waals surface area contributed by atoms with Crippen LogP contribution in [0.5, 0.6) is 0 Å². The third-order valence-corrected chi connectivity index (χ3v) is 3.84. The molecule has 22 heavy (non-hydrogen) atoms. The van der Waals surface area contributed by atoms with E-state index in [9.17, 15) is 9.59 Å². The highest BCUT2D eigenvalue weighted by Crippen LogP contribution is 2.10. The first-order chi connectivity index (χ1) is 10.6. The van der Waals surface area contributed by atoms with Gasteiger partial charge in [-0.2, -0.15) is 17.0 Å². The monoisotopic (exact) mass is 327 g/mol. The van der Waals surface area contributed by atoms with Gasteiger partial charge in [0.15, 0.2) is 0 Å². The van der Waals surface area contributed by atoms with E-state index in [2.05, 4.69) is 10.6 Å². The lowest BCUT2D eigenvalue weighted by molar-refractivity contribution is -0.141. The van der Waals surface area contributed by atoms with Crippen molar-refractivity contribution in [3.63, 3.8) is 0 Å². The third kappa shape index (κ3) is 6.37. The topological polar surface area (TPSA) is 111 Å². The zero-order valence-corrected chi connectivity index (χ0v) is 13.3.